The van der Waals surface area contributed by atoms with Crippen molar-refractivity contribution in [2.75, 3.05) is 5.32 Å². The summed E-state index contributed by atoms with van der Waals surface area (Å²) in [7, 11) is 0. The minimum atomic E-state index is -0.549. The summed E-state index contributed by atoms with van der Waals surface area (Å²) < 4.78 is 4.86. The number of carbonyl (C=O) groups is 1. The van der Waals surface area contributed by atoms with E-state index < -0.39 is 11.7 Å². The molecule has 2 heterocycles. The molecule has 0 fully saturated rings. The number of rotatable bonds is 2. The largest absolute Gasteiger partial charge is 0.417 e. The highest BCUT2D eigenvalue weighted by molar-refractivity contribution is 6.29. The number of carbonyl (C=O) groups excluding carboxylic acids is 1. The van der Waals surface area contributed by atoms with Crippen LogP contribution in [0.4, 0.5) is 5.69 Å². The number of nitrogens with one attached hydrogen (secondary N) is 2. The van der Waals surface area contributed by atoms with Crippen molar-refractivity contribution in [3.63, 3.8) is 0 Å². The number of hydrogen-bond donors (Lipinski definition) is 2. The van der Waals surface area contributed by atoms with Gasteiger partial charge in [-0.3, -0.25) is 9.78 Å². The molecule has 7 nitrogen and oxygen atoms in total. The van der Waals surface area contributed by atoms with Gasteiger partial charge in [0.05, 0.1) is 17.9 Å². The van der Waals surface area contributed by atoms with E-state index >= 15 is 0 Å². The minimum Gasteiger partial charge on any atom is -0.408 e. The number of anilines is 1. The number of oxazole rings is 1. The van der Waals surface area contributed by atoms with Crippen LogP contribution in [0.3, 0.4) is 0 Å². The molecule has 20 heavy (non-hydrogen) atoms. The Labute approximate surface area is 116 Å². The summed E-state index contributed by atoms with van der Waals surface area (Å²) in [5.41, 5.74) is 1.54. The summed E-state index contributed by atoms with van der Waals surface area (Å²) in [6.45, 7) is 0. The molecular weight excluding hydrogens is 284 g/mol. The highest BCUT2D eigenvalue weighted by Crippen LogP contribution is 2.16. The molecule has 0 saturated heterocycles. The summed E-state index contributed by atoms with van der Waals surface area (Å²) >= 11 is 5.59. The van der Waals surface area contributed by atoms with Crippen molar-refractivity contribution >= 4 is 34.3 Å². The van der Waals surface area contributed by atoms with E-state index in [2.05, 4.69) is 20.3 Å². The number of amides is 1. The zero-order valence-corrected chi connectivity index (χ0v) is 10.6. The van der Waals surface area contributed by atoms with Gasteiger partial charge in [0.1, 0.15) is 10.8 Å². The first-order valence-corrected chi connectivity index (χ1v) is 5.91. The molecule has 3 aromatic rings. The molecule has 2 N–H and O–H groups in total. The highest BCUT2D eigenvalue weighted by atomic mass is 35.5. The second-order valence-electron chi connectivity index (χ2n) is 3.90. The zero-order chi connectivity index (χ0) is 14.1. The van der Waals surface area contributed by atoms with Crippen LogP contribution in [0.1, 0.15) is 10.5 Å². The monoisotopic (exact) mass is 290 g/mol. The minimum absolute atomic E-state index is 0.134. The summed E-state index contributed by atoms with van der Waals surface area (Å²) in [4.78, 5) is 33.1. The lowest BCUT2D eigenvalue weighted by Gasteiger charge is -2.03. The smallest absolute Gasteiger partial charge is 0.408 e. The van der Waals surface area contributed by atoms with Gasteiger partial charge in [-0.15, -0.1) is 0 Å². The Morgan fingerprint density at radius 3 is 2.90 bits per heavy atom. The maximum Gasteiger partial charge on any atom is 0.417 e. The van der Waals surface area contributed by atoms with Gasteiger partial charge in [-0.25, -0.2) is 14.8 Å². The molecule has 0 bridgehead atoms. The van der Waals surface area contributed by atoms with Gasteiger partial charge in [0.25, 0.3) is 5.91 Å². The zero-order valence-electron chi connectivity index (χ0n) is 9.88. The lowest BCUT2D eigenvalue weighted by Crippen LogP contribution is -2.13. The molecule has 0 spiro atoms. The molecule has 0 saturated carbocycles. The fraction of sp³-hybridized carbons (Fsp3) is 0. The third-order valence-corrected chi connectivity index (χ3v) is 2.72. The second kappa shape index (κ2) is 4.78. The number of aromatic nitrogens is 3. The van der Waals surface area contributed by atoms with Gasteiger partial charge in [0, 0.05) is 5.69 Å². The fourth-order valence-corrected chi connectivity index (χ4v) is 1.75. The van der Waals surface area contributed by atoms with E-state index in [4.69, 9.17) is 16.0 Å². The number of nitrogens with zero attached hydrogens (tertiary/aromatic N) is 2. The van der Waals surface area contributed by atoms with E-state index in [1.165, 1.54) is 12.4 Å². The standard InChI is InChI=1S/C12H7ClN4O3/c13-10-5-14-8(4-15-10)11(18)16-6-1-2-9-7(3-6)17-12(19)20-9/h1-5H,(H,16,18)(H,17,19). The van der Waals surface area contributed by atoms with Crippen LogP contribution in [0.5, 0.6) is 0 Å². The summed E-state index contributed by atoms with van der Waals surface area (Å²) in [6, 6.07) is 4.78. The molecule has 3 rings (SSSR count). The van der Waals surface area contributed by atoms with Crippen molar-refractivity contribution in [2.45, 2.75) is 0 Å². The van der Waals surface area contributed by atoms with Crippen LogP contribution in [-0.2, 0) is 0 Å². The van der Waals surface area contributed by atoms with Crippen LogP contribution >= 0.6 is 11.6 Å². The first-order chi connectivity index (χ1) is 9.61. The Morgan fingerprint density at radius 2 is 2.15 bits per heavy atom. The third kappa shape index (κ3) is 2.39. The Kier molecular flexibility index (Phi) is 2.96. The van der Waals surface area contributed by atoms with E-state index in [0.29, 0.717) is 16.8 Å². The number of fused-ring (bicyclic) bond motifs is 1. The van der Waals surface area contributed by atoms with Gasteiger partial charge >= 0.3 is 5.76 Å². The lowest BCUT2D eigenvalue weighted by molar-refractivity contribution is 0.102. The van der Waals surface area contributed by atoms with Crippen molar-refractivity contribution < 1.29 is 9.21 Å². The predicted octanol–water partition coefficient (Wildman–Crippen LogP) is 1.82. The molecule has 0 aliphatic heterocycles. The van der Waals surface area contributed by atoms with Crippen LogP contribution in [-0.4, -0.2) is 20.9 Å². The molecule has 0 aliphatic rings. The third-order valence-electron chi connectivity index (χ3n) is 2.53. The van der Waals surface area contributed by atoms with Gasteiger partial charge in [-0.2, -0.15) is 0 Å². The van der Waals surface area contributed by atoms with Crippen molar-refractivity contribution in [3.8, 4) is 0 Å². The predicted molar refractivity (Wildman–Crippen MR) is 71.8 cm³/mol. The first kappa shape index (κ1) is 12.4. The van der Waals surface area contributed by atoms with Gasteiger partial charge in [0.2, 0.25) is 0 Å². The Hall–Kier alpha value is -2.67. The first-order valence-electron chi connectivity index (χ1n) is 5.53. The van der Waals surface area contributed by atoms with Crippen LogP contribution in [0.25, 0.3) is 11.1 Å². The van der Waals surface area contributed by atoms with E-state index in [1.54, 1.807) is 18.2 Å². The lowest BCUT2D eigenvalue weighted by atomic mass is 10.3. The molecule has 1 aromatic carbocycles. The van der Waals surface area contributed by atoms with E-state index in [1.807, 2.05) is 0 Å². The number of halogens is 1. The summed E-state index contributed by atoms with van der Waals surface area (Å²) in [5, 5.41) is 2.84. The molecule has 100 valence electrons. The fourth-order valence-electron chi connectivity index (χ4n) is 1.65. The second-order valence-corrected chi connectivity index (χ2v) is 4.29. The molecule has 2 aromatic heterocycles. The van der Waals surface area contributed by atoms with Crippen LogP contribution in [0.15, 0.2) is 39.8 Å². The molecule has 0 unspecified atom stereocenters. The SMILES string of the molecule is O=C(Nc1ccc2oc(=O)[nH]c2c1)c1cnc(Cl)cn1. The maximum atomic E-state index is 11.9. The number of aromatic amines is 1. The van der Waals surface area contributed by atoms with Crippen molar-refractivity contribution in [2.24, 2.45) is 0 Å². The van der Waals surface area contributed by atoms with Crippen LogP contribution < -0.4 is 11.1 Å². The van der Waals surface area contributed by atoms with E-state index in [9.17, 15) is 9.59 Å². The van der Waals surface area contributed by atoms with Crippen molar-refractivity contribution in [3.05, 3.63) is 52.0 Å². The van der Waals surface area contributed by atoms with Crippen molar-refractivity contribution in [1.29, 1.82) is 0 Å². The molecule has 0 radical (unpaired) electrons. The average Bonchev–Trinajstić information content (AvgIpc) is 2.78. The molecule has 8 heteroatoms. The number of H-pyrrole nitrogens is 1. The van der Waals surface area contributed by atoms with Crippen LogP contribution in [0, 0.1) is 0 Å². The van der Waals surface area contributed by atoms with E-state index in [-0.39, 0.29) is 10.8 Å². The Morgan fingerprint density at radius 1 is 1.30 bits per heavy atom. The van der Waals surface area contributed by atoms with Crippen molar-refractivity contribution in [1.82, 2.24) is 15.0 Å². The van der Waals surface area contributed by atoms with Crippen LogP contribution in [0.2, 0.25) is 5.15 Å². The normalized spacial score (nSPS) is 10.7. The molecule has 0 atom stereocenters. The molecule has 1 amide bonds. The quantitative estimate of drug-likeness (QED) is 0.749. The summed E-state index contributed by atoms with van der Waals surface area (Å²) in [6.07, 6.45) is 2.56. The van der Waals surface area contributed by atoms with Gasteiger partial charge in [0.15, 0.2) is 5.58 Å². The number of hydrogen-bond acceptors (Lipinski definition) is 5. The summed E-state index contributed by atoms with van der Waals surface area (Å²) in [5.74, 6) is -0.980. The molecule has 0 aliphatic carbocycles. The topological polar surface area (TPSA) is 101 Å². The highest BCUT2D eigenvalue weighted by Gasteiger charge is 2.09. The molecular formula is C12H7ClN4O3. The Bertz CT molecular complexity index is 838. The van der Waals surface area contributed by atoms with Gasteiger partial charge < -0.3 is 9.73 Å². The van der Waals surface area contributed by atoms with Gasteiger partial charge in [-0.05, 0) is 18.2 Å². The Balaban J connectivity index is 1.86. The number of benzene rings is 1. The maximum absolute atomic E-state index is 11.9. The van der Waals surface area contributed by atoms with Gasteiger partial charge in [-0.1, -0.05) is 11.6 Å². The van der Waals surface area contributed by atoms with E-state index in [0.717, 1.165) is 0 Å². The average molecular weight is 291 g/mol.